The lowest BCUT2D eigenvalue weighted by Gasteiger charge is -2.31. The Kier molecular flexibility index (Phi) is 13.2. The molecule has 0 bridgehead atoms. The molecule has 4 heteroatoms. The van der Waals surface area contributed by atoms with E-state index in [2.05, 4.69) is 26.0 Å². The number of hydrogen-bond acceptors (Lipinski definition) is 4. The first-order chi connectivity index (χ1) is 15.3. The molecule has 2 unspecified atom stereocenters. The van der Waals surface area contributed by atoms with Gasteiger partial charge in [-0.25, -0.2) is 0 Å². The largest absolute Gasteiger partial charge is 0.478 e. The van der Waals surface area contributed by atoms with Crippen LogP contribution >= 0.6 is 0 Å². The molecule has 176 valence electrons. The van der Waals surface area contributed by atoms with Crippen LogP contribution in [0.1, 0.15) is 122 Å². The lowest BCUT2D eigenvalue weighted by Crippen LogP contribution is -2.32. The summed E-state index contributed by atoms with van der Waals surface area (Å²) in [7, 11) is 0. The summed E-state index contributed by atoms with van der Waals surface area (Å²) in [5.74, 6) is 1.17. The zero-order valence-corrected chi connectivity index (χ0v) is 19.9. The second-order valence-corrected chi connectivity index (χ2v) is 8.83. The fourth-order valence-corrected chi connectivity index (χ4v) is 4.09. The fraction of sp³-hybridized carbons (Fsp3) is 0.741. The third-order valence-corrected chi connectivity index (χ3v) is 6.11. The Labute approximate surface area is 189 Å². The average Bonchev–Trinajstić information content (AvgIpc) is 3.13. The van der Waals surface area contributed by atoms with Crippen molar-refractivity contribution in [2.45, 2.75) is 116 Å². The number of hydrogen-bond donors (Lipinski definition) is 0. The third-order valence-electron chi connectivity index (χ3n) is 6.11. The van der Waals surface area contributed by atoms with Crippen molar-refractivity contribution in [2.24, 2.45) is 5.92 Å². The molecule has 2 heterocycles. The van der Waals surface area contributed by atoms with Gasteiger partial charge < -0.3 is 13.9 Å². The number of rotatable bonds is 19. The van der Waals surface area contributed by atoms with Crippen molar-refractivity contribution in [3.63, 3.8) is 0 Å². The quantitative estimate of drug-likeness (QED) is 0.125. The van der Waals surface area contributed by atoms with Crippen LogP contribution in [0.5, 0.6) is 5.75 Å². The number of unbranched alkanes of at least 4 members (excludes halogenated alkanes) is 11. The first-order valence-electron chi connectivity index (χ1n) is 12.8. The predicted octanol–water partition coefficient (Wildman–Crippen LogP) is 8.32. The Bertz CT molecular complexity index is 619. The molecule has 0 saturated carbocycles. The summed E-state index contributed by atoms with van der Waals surface area (Å²) >= 11 is 0. The lowest BCUT2D eigenvalue weighted by molar-refractivity contribution is -0.154. The minimum absolute atomic E-state index is 0.141. The molecule has 0 amide bonds. The van der Waals surface area contributed by atoms with Gasteiger partial charge in [-0.3, -0.25) is 4.79 Å². The molecule has 1 aliphatic heterocycles. The van der Waals surface area contributed by atoms with Crippen LogP contribution in [0.15, 0.2) is 28.9 Å². The summed E-state index contributed by atoms with van der Waals surface area (Å²) in [6.07, 6.45) is 24.0. The smallest absolute Gasteiger partial charge is 0.313 e. The molecule has 4 nitrogen and oxygen atoms in total. The maximum Gasteiger partial charge on any atom is 0.313 e. The zero-order chi connectivity index (χ0) is 22.2. The van der Waals surface area contributed by atoms with Crippen molar-refractivity contribution < 1.29 is 18.7 Å². The van der Waals surface area contributed by atoms with Gasteiger partial charge in [-0.2, -0.15) is 0 Å². The van der Waals surface area contributed by atoms with E-state index in [1.165, 1.54) is 64.2 Å². The second kappa shape index (κ2) is 16.0. The number of carbonyl (C=O) groups excluding carboxylic acids is 1. The molecule has 1 aromatic heterocycles. The molecule has 0 spiro atoms. The molecular weight excluding hydrogens is 388 g/mol. The number of ether oxygens (including phenoxy) is 2. The Morgan fingerprint density at radius 1 is 0.935 bits per heavy atom. The van der Waals surface area contributed by atoms with Crippen LogP contribution < -0.4 is 4.74 Å². The molecular formula is C27H44O4. The van der Waals surface area contributed by atoms with Gasteiger partial charge in [0.25, 0.3) is 0 Å². The molecule has 2 atom stereocenters. The summed E-state index contributed by atoms with van der Waals surface area (Å²) in [6.45, 7) is 4.86. The van der Waals surface area contributed by atoms with Gasteiger partial charge in [0.15, 0.2) is 17.6 Å². The topological polar surface area (TPSA) is 48.7 Å². The van der Waals surface area contributed by atoms with E-state index in [0.717, 1.165) is 43.6 Å². The maximum absolute atomic E-state index is 12.6. The van der Waals surface area contributed by atoms with E-state index < -0.39 is 0 Å². The van der Waals surface area contributed by atoms with Crippen LogP contribution in [0.4, 0.5) is 0 Å². The highest BCUT2D eigenvalue weighted by Crippen LogP contribution is 2.46. The predicted molar refractivity (Wildman–Crippen MR) is 126 cm³/mol. The van der Waals surface area contributed by atoms with E-state index in [-0.39, 0.29) is 18.0 Å². The first-order valence-corrected chi connectivity index (χ1v) is 12.8. The van der Waals surface area contributed by atoms with Crippen molar-refractivity contribution in [2.75, 3.05) is 6.61 Å². The molecule has 2 rings (SSSR count). The van der Waals surface area contributed by atoms with Crippen LogP contribution in [-0.2, 0) is 9.53 Å². The highest BCUT2D eigenvalue weighted by atomic mass is 16.6. The van der Waals surface area contributed by atoms with Crippen molar-refractivity contribution in [3.8, 4) is 5.75 Å². The number of esters is 1. The molecule has 31 heavy (non-hydrogen) atoms. The maximum atomic E-state index is 12.6. The van der Waals surface area contributed by atoms with Crippen LogP contribution in [-0.4, -0.2) is 12.6 Å². The molecule has 0 radical (unpaired) electrons. The van der Waals surface area contributed by atoms with Crippen LogP contribution in [0.25, 0.3) is 0 Å². The highest BCUT2D eigenvalue weighted by Gasteiger charge is 2.42. The number of carbonyl (C=O) groups is 1. The summed E-state index contributed by atoms with van der Waals surface area (Å²) in [5.41, 5.74) is 0. The van der Waals surface area contributed by atoms with Crippen LogP contribution in [0.3, 0.4) is 0 Å². The molecule has 0 aromatic carbocycles. The molecule has 0 saturated heterocycles. The minimum atomic E-state index is -0.274. The summed E-state index contributed by atoms with van der Waals surface area (Å²) in [5, 5.41) is 0. The van der Waals surface area contributed by atoms with Gasteiger partial charge in [-0.1, -0.05) is 83.8 Å². The fourth-order valence-electron chi connectivity index (χ4n) is 4.09. The third kappa shape index (κ3) is 9.53. The van der Waals surface area contributed by atoms with E-state index in [1.807, 2.05) is 6.07 Å². The van der Waals surface area contributed by atoms with Gasteiger partial charge in [0.2, 0.25) is 0 Å². The number of allylic oxidation sites excluding steroid dienone is 2. The van der Waals surface area contributed by atoms with Crippen molar-refractivity contribution in [1.29, 1.82) is 0 Å². The van der Waals surface area contributed by atoms with Crippen molar-refractivity contribution >= 4 is 5.97 Å². The monoisotopic (exact) mass is 432 g/mol. The highest BCUT2D eigenvalue weighted by molar-refractivity contribution is 5.74. The van der Waals surface area contributed by atoms with E-state index in [1.54, 1.807) is 6.26 Å². The number of furan rings is 1. The van der Waals surface area contributed by atoms with Gasteiger partial charge in [-0.05, 0) is 38.5 Å². The van der Waals surface area contributed by atoms with E-state index >= 15 is 0 Å². The van der Waals surface area contributed by atoms with E-state index in [4.69, 9.17) is 13.9 Å². The second-order valence-electron chi connectivity index (χ2n) is 8.83. The summed E-state index contributed by atoms with van der Waals surface area (Å²) < 4.78 is 16.8. The van der Waals surface area contributed by atoms with Gasteiger partial charge in [0.05, 0.1) is 12.9 Å². The molecule has 0 aliphatic carbocycles. The Morgan fingerprint density at radius 3 is 2.26 bits per heavy atom. The van der Waals surface area contributed by atoms with Gasteiger partial charge in [0.1, 0.15) is 5.92 Å². The molecule has 1 aliphatic rings. The molecule has 0 N–H and O–H groups in total. The standard InChI is InChI=1S/C27H44O4/c1-3-5-7-8-9-10-11-12-13-14-15-16-17-18-19-23(27(28)30-21-6-4-2)25-26-24(31-25)20-22-29-26/h12-13,20,22-23,25H,3-11,14-19,21H2,1-2H3/b13-12-. The van der Waals surface area contributed by atoms with Gasteiger partial charge >= 0.3 is 5.97 Å². The Hall–Kier alpha value is -1.71. The van der Waals surface area contributed by atoms with E-state index in [9.17, 15) is 4.79 Å². The Morgan fingerprint density at radius 2 is 1.58 bits per heavy atom. The van der Waals surface area contributed by atoms with E-state index in [0.29, 0.717) is 6.61 Å². The van der Waals surface area contributed by atoms with Crippen LogP contribution in [0.2, 0.25) is 0 Å². The van der Waals surface area contributed by atoms with Crippen molar-refractivity contribution in [1.82, 2.24) is 0 Å². The van der Waals surface area contributed by atoms with Crippen LogP contribution in [0, 0.1) is 5.92 Å². The zero-order valence-electron chi connectivity index (χ0n) is 19.9. The minimum Gasteiger partial charge on any atom is -0.478 e. The first kappa shape index (κ1) is 25.5. The Balaban J connectivity index is 1.55. The molecule has 1 aromatic rings. The molecule has 0 fully saturated rings. The number of fused-ring (bicyclic) bond motifs is 1. The van der Waals surface area contributed by atoms with Gasteiger partial charge in [0, 0.05) is 6.07 Å². The lowest BCUT2D eigenvalue weighted by atomic mass is 9.91. The van der Waals surface area contributed by atoms with Crippen molar-refractivity contribution in [3.05, 3.63) is 30.2 Å². The normalized spacial score (nSPS) is 16.0. The SMILES string of the molecule is CCCCCCCC/C=C\CCCCCCC(C(=O)OCCCC)C1Oc2ccoc21. The average molecular weight is 433 g/mol. The summed E-state index contributed by atoms with van der Waals surface area (Å²) in [4.78, 5) is 12.6. The van der Waals surface area contributed by atoms with Gasteiger partial charge in [-0.15, -0.1) is 0 Å². The summed E-state index contributed by atoms with van der Waals surface area (Å²) in [6, 6.07) is 1.81.